The van der Waals surface area contributed by atoms with Crippen LogP contribution < -0.4 is 4.72 Å². The Kier molecular flexibility index (Phi) is 3.09. The zero-order valence-corrected chi connectivity index (χ0v) is 11.8. The number of hydrogen-bond acceptors (Lipinski definition) is 3. The Balaban J connectivity index is 1.99. The molecule has 4 nitrogen and oxygen atoms in total. The fourth-order valence-electron chi connectivity index (χ4n) is 2.88. The van der Waals surface area contributed by atoms with Crippen molar-refractivity contribution in [2.45, 2.75) is 43.5 Å². The van der Waals surface area contributed by atoms with Gasteiger partial charge < -0.3 is 0 Å². The molecule has 0 bridgehead atoms. The van der Waals surface area contributed by atoms with E-state index < -0.39 is 10.0 Å². The Morgan fingerprint density at radius 2 is 1.95 bits per heavy atom. The topological polar surface area (TPSA) is 58.5 Å². The number of amidine groups is 1. The van der Waals surface area contributed by atoms with Crippen molar-refractivity contribution in [2.24, 2.45) is 10.9 Å². The molecule has 0 radical (unpaired) electrons. The van der Waals surface area contributed by atoms with Crippen LogP contribution in [0.4, 0.5) is 0 Å². The smallest absolute Gasteiger partial charge is 0.263 e. The zero-order valence-electron chi connectivity index (χ0n) is 11.0. The minimum atomic E-state index is -3.40. The van der Waals surface area contributed by atoms with Crippen molar-refractivity contribution >= 4 is 15.9 Å². The number of nitrogens with zero attached hydrogens (tertiary/aromatic N) is 1. The first kappa shape index (κ1) is 12.7. The van der Waals surface area contributed by atoms with Gasteiger partial charge in [0.25, 0.3) is 10.0 Å². The Hall–Kier alpha value is -1.36. The van der Waals surface area contributed by atoms with Crippen molar-refractivity contribution < 1.29 is 8.42 Å². The van der Waals surface area contributed by atoms with Crippen LogP contribution in [0, 0.1) is 5.92 Å². The molecule has 19 heavy (non-hydrogen) atoms. The van der Waals surface area contributed by atoms with Crippen LogP contribution in [-0.4, -0.2) is 20.3 Å². The third-order valence-electron chi connectivity index (χ3n) is 4.02. The van der Waals surface area contributed by atoms with E-state index >= 15 is 0 Å². The number of hydrogen-bond donors (Lipinski definition) is 1. The molecule has 102 valence electrons. The minimum Gasteiger partial charge on any atom is -0.264 e. The van der Waals surface area contributed by atoms with Gasteiger partial charge in [0.1, 0.15) is 5.84 Å². The molecule has 1 saturated carbocycles. The highest BCUT2D eigenvalue weighted by molar-refractivity contribution is 7.90. The number of rotatable bonds is 1. The molecule has 0 saturated heterocycles. The Bertz CT molecular complexity index is 622. The molecule has 3 rings (SSSR count). The second-order valence-corrected chi connectivity index (χ2v) is 7.06. The van der Waals surface area contributed by atoms with Gasteiger partial charge in [0.2, 0.25) is 0 Å². The molecule has 5 heteroatoms. The molecule has 0 amide bonds. The van der Waals surface area contributed by atoms with E-state index in [1.165, 1.54) is 19.3 Å². The molecule has 2 unspecified atom stereocenters. The van der Waals surface area contributed by atoms with E-state index in [4.69, 9.17) is 0 Å². The summed E-state index contributed by atoms with van der Waals surface area (Å²) in [7, 11) is -3.40. The maximum atomic E-state index is 12.0. The lowest BCUT2D eigenvalue weighted by molar-refractivity contribution is 0.333. The molecule has 1 fully saturated rings. The second-order valence-electron chi connectivity index (χ2n) is 5.41. The fraction of sp³-hybridized carbons (Fsp3) is 0.500. The van der Waals surface area contributed by atoms with E-state index in [-0.39, 0.29) is 6.04 Å². The minimum absolute atomic E-state index is 0.234. The number of benzene rings is 1. The summed E-state index contributed by atoms with van der Waals surface area (Å²) < 4.78 is 26.6. The van der Waals surface area contributed by atoms with Gasteiger partial charge >= 0.3 is 0 Å². The molecular weight excluding hydrogens is 260 g/mol. The van der Waals surface area contributed by atoms with Gasteiger partial charge in [0.15, 0.2) is 0 Å². The summed E-state index contributed by atoms with van der Waals surface area (Å²) >= 11 is 0. The summed E-state index contributed by atoms with van der Waals surface area (Å²) in [6.07, 6.45) is 4.66. The first-order valence-corrected chi connectivity index (χ1v) is 8.26. The number of aliphatic imine (C=N–C) groups is 1. The van der Waals surface area contributed by atoms with Crippen LogP contribution in [0.3, 0.4) is 0 Å². The van der Waals surface area contributed by atoms with E-state index in [1.54, 1.807) is 12.1 Å². The van der Waals surface area contributed by atoms with Gasteiger partial charge in [-0.15, -0.1) is 0 Å². The monoisotopic (exact) mass is 278 g/mol. The van der Waals surface area contributed by atoms with Gasteiger partial charge in [-0.1, -0.05) is 31.9 Å². The number of fused-ring (bicyclic) bond motifs is 1. The predicted octanol–water partition coefficient (Wildman–Crippen LogP) is 2.30. The average molecular weight is 278 g/mol. The Labute approximate surface area is 114 Å². The summed E-state index contributed by atoms with van der Waals surface area (Å²) in [5, 5.41) is 0. The summed E-state index contributed by atoms with van der Waals surface area (Å²) in [6.45, 7) is 2.20. The summed E-state index contributed by atoms with van der Waals surface area (Å²) in [6, 6.07) is 7.27. The van der Waals surface area contributed by atoms with Crippen LogP contribution in [0.1, 0.15) is 38.2 Å². The van der Waals surface area contributed by atoms with Gasteiger partial charge in [0.05, 0.1) is 10.9 Å². The van der Waals surface area contributed by atoms with E-state index in [1.807, 2.05) is 12.1 Å². The van der Waals surface area contributed by atoms with Gasteiger partial charge in [-0.25, -0.2) is 8.42 Å². The van der Waals surface area contributed by atoms with E-state index in [0.29, 0.717) is 22.2 Å². The predicted molar refractivity (Wildman–Crippen MR) is 74.7 cm³/mol. The van der Waals surface area contributed by atoms with Crippen LogP contribution in [0.2, 0.25) is 0 Å². The van der Waals surface area contributed by atoms with Gasteiger partial charge in [-0.3, -0.25) is 9.71 Å². The number of sulfonamides is 1. The van der Waals surface area contributed by atoms with Gasteiger partial charge in [0, 0.05) is 5.56 Å². The van der Waals surface area contributed by atoms with Gasteiger partial charge in [-0.2, -0.15) is 0 Å². The van der Waals surface area contributed by atoms with Crippen molar-refractivity contribution in [1.29, 1.82) is 0 Å². The van der Waals surface area contributed by atoms with E-state index in [2.05, 4.69) is 16.6 Å². The van der Waals surface area contributed by atoms with E-state index in [0.717, 1.165) is 6.42 Å². The highest BCUT2D eigenvalue weighted by atomic mass is 32.2. The molecule has 1 aliphatic heterocycles. The van der Waals surface area contributed by atoms with Crippen molar-refractivity contribution in [2.75, 3.05) is 0 Å². The van der Waals surface area contributed by atoms with Crippen LogP contribution in [0.15, 0.2) is 34.2 Å². The van der Waals surface area contributed by atoms with E-state index in [9.17, 15) is 8.42 Å². The normalized spacial score (nSPS) is 30.9. The van der Waals surface area contributed by atoms with Crippen molar-refractivity contribution in [3.63, 3.8) is 0 Å². The lowest BCUT2D eigenvalue weighted by atomic mass is 9.86. The first-order valence-electron chi connectivity index (χ1n) is 6.78. The Morgan fingerprint density at radius 1 is 1.21 bits per heavy atom. The van der Waals surface area contributed by atoms with Crippen molar-refractivity contribution in [3.05, 3.63) is 29.8 Å². The molecule has 0 aromatic heterocycles. The van der Waals surface area contributed by atoms with Gasteiger partial charge in [-0.05, 0) is 30.9 Å². The Morgan fingerprint density at radius 3 is 2.74 bits per heavy atom. The van der Waals surface area contributed by atoms with Crippen molar-refractivity contribution in [1.82, 2.24) is 4.72 Å². The molecule has 2 aliphatic rings. The maximum absolute atomic E-state index is 12.0. The maximum Gasteiger partial charge on any atom is 0.263 e. The average Bonchev–Trinajstić information content (AvgIpc) is 2.65. The fourth-order valence-corrected chi connectivity index (χ4v) is 4.12. The molecule has 1 aliphatic carbocycles. The quantitative estimate of drug-likeness (QED) is 0.857. The molecule has 2 atom stereocenters. The summed E-state index contributed by atoms with van der Waals surface area (Å²) in [5.41, 5.74) is 0.709. The van der Waals surface area contributed by atoms with Crippen LogP contribution >= 0.6 is 0 Å². The third-order valence-corrected chi connectivity index (χ3v) is 5.42. The molecule has 1 heterocycles. The molecule has 0 spiro atoms. The lowest BCUT2D eigenvalue weighted by Crippen LogP contribution is -2.27. The SMILES string of the molecule is CC1CCCCC1N=C1NS(=O)(=O)c2ccccc21. The number of nitrogens with one attached hydrogen (secondary N) is 1. The zero-order chi connectivity index (χ0) is 13.5. The van der Waals surface area contributed by atoms with Crippen LogP contribution in [0.25, 0.3) is 0 Å². The molecular formula is C14H18N2O2S. The third kappa shape index (κ3) is 2.27. The second kappa shape index (κ2) is 4.63. The molecule has 1 N–H and O–H groups in total. The lowest BCUT2D eigenvalue weighted by Gasteiger charge is -2.25. The highest BCUT2D eigenvalue weighted by Crippen LogP contribution is 2.29. The molecule has 1 aromatic carbocycles. The highest BCUT2D eigenvalue weighted by Gasteiger charge is 2.31. The molecule has 1 aromatic rings. The van der Waals surface area contributed by atoms with Crippen molar-refractivity contribution in [3.8, 4) is 0 Å². The van der Waals surface area contributed by atoms with Crippen LogP contribution in [0.5, 0.6) is 0 Å². The summed E-state index contributed by atoms with van der Waals surface area (Å²) in [4.78, 5) is 5.02. The first-order chi connectivity index (χ1) is 9.08. The van der Waals surface area contributed by atoms with Crippen LogP contribution in [-0.2, 0) is 10.0 Å². The standard InChI is InChI=1S/C14H18N2O2S/c1-10-6-2-4-8-12(10)15-14-11-7-3-5-9-13(11)19(17,18)16-14/h3,5,7,9-10,12H,2,4,6,8H2,1H3,(H,15,16). The largest absolute Gasteiger partial charge is 0.264 e. The summed E-state index contributed by atoms with van der Waals surface area (Å²) in [5.74, 6) is 1.05.